The highest BCUT2D eigenvalue weighted by Gasteiger charge is 2.53. The van der Waals surface area contributed by atoms with Crippen molar-refractivity contribution in [3.63, 3.8) is 0 Å². The van der Waals surface area contributed by atoms with Crippen LogP contribution in [0.4, 0.5) is 0 Å². The standard InChI is InChI=1S/C14H19BINO3/c1-13(2)14(3,4)20-15(19-13)12-11(16)10(7-8-17-12)18-9-5-6-9/h7-9H,5-6H2,1-4H3. The summed E-state index contributed by atoms with van der Waals surface area (Å²) in [7, 11) is -0.436. The molecule has 20 heavy (non-hydrogen) atoms. The van der Waals surface area contributed by atoms with Crippen molar-refractivity contribution in [2.45, 2.75) is 57.8 Å². The summed E-state index contributed by atoms with van der Waals surface area (Å²) in [5, 5.41) is 0. The van der Waals surface area contributed by atoms with Gasteiger partial charge in [-0.05, 0) is 69.2 Å². The highest BCUT2D eigenvalue weighted by molar-refractivity contribution is 14.1. The maximum atomic E-state index is 6.06. The Morgan fingerprint density at radius 3 is 2.40 bits per heavy atom. The molecule has 2 fully saturated rings. The molecule has 3 rings (SSSR count). The minimum Gasteiger partial charge on any atom is -0.489 e. The van der Waals surface area contributed by atoms with Gasteiger partial charge in [0.2, 0.25) is 0 Å². The molecule has 0 aromatic carbocycles. The van der Waals surface area contributed by atoms with Gasteiger partial charge in [-0.2, -0.15) is 0 Å². The van der Waals surface area contributed by atoms with E-state index < -0.39 is 7.12 Å². The fourth-order valence-corrected chi connectivity index (χ4v) is 2.72. The van der Waals surface area contributed by atoms with Gasteiger partial charge in [0.1, 0.15) is 5.75 Å². The van der Waals surface area contributed by atoms with E-state index in [2.05, 4.69) is 27.6 Å². The third kappa shape index (κ3) is 2.57. The molecule has 4 nitrogen and oxygen atoms in total. The van der Waals surface area contributed by atoms with Gasteiger partial charge >= 0.3 is 7.12 Å². The van der Waals surface area contributed by atoms with Crippen molar-refractivity contribution in [2.75, 3.05) is 0 Å². The smallest absolute Gasteiger partial charge is 0.489 e. The van der Waals surface area contributed by atoms with Crippen LogP contribution in [0, 0.1) is 3.57 Å². The maximum Gasteiger partial charge on any atom is 0.515 e. The number of nitrogens with zero attached hydrogens (tertiary/aromatic N) is 1. The third-order valence-corrected chi connectivity index (χ3v) is 5.26. The number of pyridine rings is 1. The Morgan fingerprint density at radius 2 is 1.85 bits per heavy atom. The van der Waals surface area contributed by atoms with Crippen LogP contribution in [0.1, 0.15) is 40.5 Å². The van der Waals surface area contributed by atoms with Gasteiger partial charge in [0.15, 0.2) is 0 Å². The lowest BCUT2D eigenvalue weighted by Gasteiger charge is -2.32. The Balaban J connectivity index is 1.87. The first-order valence-electron chi connectivity index (χ1n) is 6.97. The Labute approximate surface area is 133 Å². The molecule has 2 heterocycles. The molecule has 1 aliphatic carbocycles. The molecule has 0 radical (unpaired) electrons. The van der Waals surface area contributed by atoms with E-state index in [1.807, 2.05) is 33.8 Å². The number of hydrogen-bond donors (Lipinski definition) is 0. The zero-order valence-corrected chi connectivity index (χ0v) is 14.4. The number of hydrogen-bond acceptors (Lipinski definition) is 4. The maximum absolute atomic E-state index is 6.06. The lowest BCUT2D eigenvalue weighted by molar-refractivity contribution is 0.00578. The molecule has 1 aromatic rings. The fourth-order valence-electron chi connectivity index (χ4n) is 2.02. The second kappa shape index (κ2) is 4.85. The van der Waals surface area contributed by atoms with Crippen LogP contribution in [-0.2, 0) is 9.31 Å². The van der Waals surface area contributed by atoms with Crippen LogP contribution in [0.3, 0.4) is 0 Å². The molecule has 0 N–H and O–H groups in total. The van der Waals surface area contributed by atoms with Gasteiger partial charge in [-0.25, -0.2) is 0 Å². The van der Waals surface area contributed by atoms with E-state index in [-0.39, 0.29) is 11.2 Å². The number of ether oxygens (including phenoxy) is 1. The largest absolute Gasteiger partial charge is 0.515 e. The summed E-state index contributed by atoms with van der Waals surface area (Å²) in [4.78, 5) is 4.44. The van der Waals surface area contributed by atoms with E-state index in [1.54, 1.807) is 6.20 Å². The second-order valence-corrected chi connectivity index (χ2v) is 7.49. The van der Waals surface area contributed by atoms with Crippen molar-refractivity contribution in [3.05, 3.63) is 15.8 Å². The van der Waals surface area contributed by atoms with Crippen LogP contribution in [0.15, 0.2) is 12.3 Å². The topological polar surface area (TPSA) is 40.6 Å². The van der Waals surface area contributed by atoms with Gasteiger partial charge in [-0.3, -0.25) is 4.98 Å². The molecule has 0 bridgehead atoms. The van der Waals surface area contributed by atoms with Gasteiger partial charge < -0.3 is 14.0 Å². The summed E-state index contributed by atoms with van der Waals surface area (Å²) in [6.45, 7) is 8.18. The van der Waals surface area contributed by atoms with Crippen LogP contribution >= 0.6 is 22.6 Å². The van der Waals surface area contributed by atoms with E-state index in [4.69, 9.17) is 14.0 Å². The Kier molecular flexibility index (Phi) is 3.54. The van der Waals surface area contributed by atoms with Crippen LogP contribution in [0.25, 0.3) is 0 Å². The molecule has 1 saturated heterocycles. The molecule has 2 aliphatic rings. The molecule has 0 amide bonds. The molecular weight excluding hydrogens is 368 g/mol. The van der Waals surface area contributed by atoms with E-state index in [1.165, 1.54) is 0 Å². The zero-order chi connectivity index (χ0) is 14.5. The highest BCUT2D eigenvalue weighted by atomic mass is 127. The normalized spacial score (nSPS) is 23.9. The lowest BCUT2D eigenvalue weighted by atomic mass is 9.84. The summed E-state index contributed by atoms with van der Waals surface area (Å²) in [5.74, 6) is 0.882. The summed E-state index contributed by atoms with van der Waals surface area (Å²) < 4.78 is 19.0. The van der Waals surface area contributed by atoms with Crippen molar-refractivity contribution >= 4 is 35.3 Å². The SMILES string of the molecule is CC1(C)OB(c2nccc(OC3CC3)c2I)OC1(C)C. The first-order valence-corrected chi connectivity index (χ1v) is 8.05. The lowest BCUT2D eigenvalue weighted by Crippen LogP contribution is -2.41. The summed E-state index contributed by atoms with van der Waals surface area (Å²) in [6, 6.07) is 1.91. The van der Waals surface area contributed by atoms with Gasteiger partial charge in [-0.15, -0.1) is 0 Å². The average Bonchev–Trinajstić information content (AvgIpc) is 3.10. The predicted molar refractivity (Wildman–Crippen MR) is 86.3 cm³/mol. The van der Waals surface area contributed by atoms with Crippen LogP contribution in [0.2, 0.25) is 0 Å². The molecule has 1 aliphatic heterocycles. The quantitative estimate of drug-likeness (QED) is 0.591. The number of halogens is 1. The molecule has 1 saturated carbocycles. The Bertz CT molecular complexity index is 515. The molecule has 6 heteroatoms. The van der Waals surface area contributed by atoms with Crippen LogP contribution in [-0.4, -0.2) is 29.4 Å². The first kappa shape index (κ1) is 14.6. The van der Waals surface area contributed by atoms with E-state index in [0.717, 1.165) is 27.8 Å². The molecule has 1 aromatic heterocycles. The van der Waals surface area contributed by atoms with Gasteiger partial charge in [-0.1, -0.05) is 0 Å². The van der Waals surface area contributed by atoms with Gasteiger partial charge in [0.25, 0.3) is 0 Å². The number of rotatable bonds is 3. The summed E-state index contributed by atoms with van der Waals surface area (Å²) in [6.07, 6.45) is 4.42. The first-order chi connectivity index (χ1) is 9.30. The Morgan fingerprint density at radius 1 is 1.25 bits per heavy atom. The number of aromatic nitrogens is 1. The van der Waals surface area contributed by atoms with E-state index in [0.29, 0.717) is 6.10 Å². The van der Waals surface area contributed by atoms with Crippen molar-refractivity contribution in [1.29, 1.82) is 0 Å². The second-order valence-electron chi connectivity index (χ2n) is 6.41. The average molecular weight is 387 g/mol. The van der Waals surface area contributed by atoms with Crippen LogP contribution < -0.4 is 10.3 Å². The summed E-state index contributed by atoms with van der Waals surface area (Å²) >= 11 is 2.27. The molecular formula is C14H19BINO3. The molecule has 0 spiro atoms. The minimum absolute atomic E-state index is 0.351. The summed E-state index contributed by atoms with van der Waals surface area (Å²) in [5.41, 5.74) is 0.105. The van der Waals surface area contributed by atoms with E-state index in [9.17, 15) is 0 Å². The predicted octanol–water partition coefficient (Wildman–Crippen LogP) is 2.53. The van der Waals surface area contributed by atoms with Crippen LogP contribution in [0.5, 0.6) is 5.75 Å². The van der Waals surface area contributed by atoms with Crippen molar-refractivity contribution < 1.29 is 14.0 Å². The van der Waals surface area contributed by atoms with Gasteiger partial charge in [0, 0.05) is 6.20 Å². The van der Waals surface area contributed by atoms with Crippen molar-refractivity contribution in [2.24, 2.45) is 0 Å². The minimum atomic E-state index is -0.436. The Hall–Kier alpha value is -0.335. The zero-order valence-electron chi connectivity index (χ0n) is 12.3. The third-order valence-electron chi connectivity index (χ3n) is 4.18. The monoisotopic (exact) mass is 387 g/mol. The highest BCUT2D eigenvalue weighted by Crippen LogP contribution is 2.37. The van der Waals surface area contributed by atoms with Crippen molar-refractivity contribution in [3.8, 4) is 5.75 Å². The molecule has 0 atom stereocenters. The molecule has 108 valence electrons. The molecule has 0 unspecified atom stereocenters. The van der Waals surface area contributed by atoms with E-state index >= 15 is 0 Å². The van der Waals surface area contributed by atoms with Gasteiger partial charge in [0.05, 0.1) is 26.5 Å². The fraction of sp³-hybridized carbons (Fsp3) is 0.643. The van der Waals surface area contributed by atoms with Crippen molar-refractivity contribution in [1.82, 2.24) is 4.98 Å².